The molecule has 4 heterocycles. The van der Waals surface area contributed by atoms with Crippen LogP contribution in [0.5, 0.6) is 0 Å². The fourth-order valence-electron chi connectivity index (χ4n) is 4.37. The summed E-state index contributed by atoms with van der Waals surface area (Å²) >= 11 is 2.72. The summed E-state index contributed by atoms with van der Waals surface area (Å²) in [5, 5.41) is 5.24. The highest BCUT2D eigenvalue weighted by Crippen LogP contribution is 2.32. The first-order valence-corrected chi connectivity index (χ1v) is 15.6. The molecule has 1 aliphatic rings. The maximum Gasteiger partial charge on any atom is 0.281 e. The van der Waals surface area contributed by atoms with E-state index in [0.29, 0.717) is 47.5 Å². The summed E-state index contributed by atoms with van der Waals surface area (Å²) in [6, 6.07) is 13.3. The Kier molecular flexibility index (Phi) is 8.14. The number of piperazine rings is 1. The molecule has 0 radical (unpaired) electrons. The fourth-order valence-corrected chi connectivity index (χ4v) is 6.97. The van der Waals surface area contributed by atoms with Gasteiger partial charge in [-0.2, -0.15) is 17.0 Å². The number of benzene rings is 1. The van der Waals surface area contributed by atoms with Crippen molar-refractivity contribution >= 4 is 60.8 Å². The van der Waals surface area contributed by atoms with Gasteiger partial charge in [0.15, 0.2) is 10.9 Å². The predicted molar refractivity (Wildman–Crippen MR) is 153 cm³/mol. The Morgan fingerprint density at radius 1 is 1.05 bits per heavy atom. The minimum absolute atomic E-state index is 0.0532. The molecule has 5 rings (SSSR count). The van der Waals surface area contributed by atoms with E-state index in [0.717, 1.165) is 11.0 Å². The van der Waals surface area contributed by atoms with Crippen LogP contribution < -0.4 is 4.90 Å². The molecule has 3 aromatic heterocycles. The zero-order valence-corrected chi connectivity index (χ0v) is 24.1. The number of amides is 2. The summed E-state index contributed by atoms with van der Waals surface area (Å²) in [5.41, 5.74) is 1.42. The zero-order chi connectivity index (χ0) is 27.6. The number of hydrogen-bond donors (Lipinski definition) is 0. The lowest BCUT2D eigenvalue weighted by Crippen LogP contribution is -2.53. The van der Waals surface area contributed by atoms with Crippen molar-refractivity contribution in [3.8, 4) is 11.5 Å². The fraction of sp³-hybridized carbons (Fsp3) is 0.346. The number of furan rings is 1. The first kappa shape index (κ1) is 27.5. The van der Waals surface area contributed by atoms with Gasteiger partial charge in [-0.15, -0.1) is 22.7 Å². The largest absolute Gasteiger partial charge is 0.454 e. The molecule has 0 spiro atoms. The molecule has 0 bridgehead atoms. The smallest absolute Gasteiger partial charge is 0.281 e. The molecule has 0 aliphatic carbocycles. The number of anilines is 1. The quantitative estimate of drug-likeness (QED) is 0.293. The van der Waals surface area contributed by atoms with Gasteiger partial charge in [0.25, 0.3) is 16.1 Å². The van der Waals surface area contributed by atoms with Crippen LogP contribution in [0.1, 0.15) is 22.5 Å². The molecule has 4 aromatic rings. The second-order valence-electron chi connectivity index (χ2n) is 9.27. The molecule has 0 unspecified atom stereocenters. The summed E-state index contributed by atoms with van der Waals surface area (Å²) in [4.78, 5) is 34.9. The van der Waals surface area contributed by atoms with Crippen LogP contribution in [0.3, 0.4) is 0 Å². The molecular formula is C26H29N5O5S3. The van der Waals surface area contributed by atoms with Gasteiger partial charge >= 0.3 is 0 Å². The van der Waals surface area contributed by atoms with E-state index in [1.165, 1.54) is 45.4 Å². The highest BCUT2D eigenvalue weighted by Gasteiger charge is 2.30. The van der Waals surface area contributed by atoms with E-state index >= 15 is 0 Å². The Balaban J connectivity index is 1.24. The van der Waals surface area contributed by atoms with E-state index in [1.54, 1.807) is 15.9 Å². The SMILES string of the molecule is CN(C)S(=O)(=O)N1CCN(C(=O)CCCN(C(=O)c2cccs2)c2nc(-c3cc4ccccc4o3)cs2)CC1. The standard InChI is InChI=1S/C26H29N5O5S3/c1-28(2)39(34,35)30-14-12-29(13-15-30)24(32)10-5-11-31(25(33)23-9-6-16-37-23)26-27-20(18-38-26)22-17-19-7-3-4-8-21(19)36-22/h3-4,6-9,16-18H,5,10-15H2,1-2H3. The lowest BCUT2D eigenvalue weighted by molar-refractivity contribution is -0.132. The van der Waals surface area contributed by atoms with Crippen LogP contribution >= 0.6 is 22.7 Å². The van der Waals surface area contributed by atoms with Crippen LogP contribution in [0.25, 0.3) is 22.4 Å². The average Bonchev–Trinajstić information content (AvgIpc) is 3.71. The van der Waals surface area contributed by atoms with Gasteiger partial charge < -0.3 is 9.32 Å². The Bertz CT molecular complexity index is 1520. The molecule has 13 heteroatoms. The van der Waals surface area contributed by atoms with Crippen LogP contribution in [0.15, 0.2) is 57.6 Å². The third kappa shape index (κ3) is 5.92. The molecule has 0 atom stereocenters. The first-order valence-electron chi connectivity index (χ1n) is 12.5. The van der Waals surface area contributed by atoms with Crippen molar-refractivity contribution < 1.29 is 22.4 Å². The van der Waals surface area contributed by atoms with Gasteiger partial charge in [0, 0.05) is 64.0 Å². The van der Waals surface area contributed by atoms with E-state index < -0.39 is 10.2 Å². The van der Waals surface area contributed by atoms with Gasteiger partial charge in [-0.25, -0.2) is 4.98 Å². The molecule has 10 nitrogen and oxygen atoms in total. The zero-order valence-electron chi connectivity index (χ0n) is 21.6. The van der Waals surface area contributed by atoms with E-state index in [9.17, 15) is 18.0 Å². The number of carbonyl (C=O) groups is 2. The van der Waals surface area contributed by atoms with Gasteiger partial charge in [0.05, 0.1) is 4.88 Å². The Morgan fingerprint density at radius 3 is 2.51 bits per heavy atom. The lowest BCUT2D eigenvalue weighted by atomic mass is 10.2. The number of para-hydroxylation sites is 1. The predicted octanol–water partition coefficient (Wildman–Crippen LogP) is 4.00. The normalized spacial score (nSPS) is 14.8. The van der Waals surface area contributed by atoms with Crippen molar-refractivity contribution in [2.75, 3.05) is 51.7 Å². The number of nitrogens with zero attached hydrogens (tertiary/aromatic N) is 5. The van der Waals surface area contributed by atoms with Crippen molar-refractivity contribution in [1.29, 1.82) is 0 Å². The van der Waals surface area contributed by atoms with E-state index in [4.69, 9.17) is 9.40 Å². The summed E-state index contributed by atoms with van der Waals surface area (Å²) in [6.07, 6.45) is 0.697. The summed E-state index contributed by atoms with van der Waals surface area (Å²) in [5.74, 6) is 0.417. The minimum Gasteiger partial charge on any atom is -0.454 e. The molecule has 1 aromatic carbocycles. The number of hydrogen-bond acceptors (Lipinski definition) is 8. The van der Waals surface area contributed by atoms with Crippen molar-refractivity contribution in [2.45, 2.75) is 12.8 Å². The van der Waals surface area contributed by atoms with Crippen LogP contribution in [0.4, 0.5) is 5.13 Å². The third-order valence-electron chi connectivity index (χ3n) is 6.53. The van der Waals surface area contributed by atoms with Crippen molar-refractivity contribution in [3.05, 3.63) is 58.1 Å². The first-order chi connectivity index (χ1) is 18.7. The van der Waals surface area contributed by atoms with Crippen molar-refractivity contribution in [3.63, 3.8) is 0 Å². The topological polar surface area (TPSA) is 107 Å². The van der Waals surface area contributed by atoms with Crippen molar-refractivity contribution in [2.24, 2.45) is 0 Å². The van der Waals surface area contributed by atoms with Crippen LogP contribution in [-0.4, -0.2) is 85.5 Å². The molecule has 206 valence electrons. The van der Waals surface area contributed by atoms with Crippen molar-refractivity contribution in [1.82, 2.24) is 18.5 Å². The number of aromatic nitrogens is 1. The van der Waals surface area contributed by atoms with E-state index in [2.05, 4.69) is 0 Å². The summed E-state index contributed by atoms with van der Waals surface area (Å²) in [7, 11) is -0.495. The lowest BCUT2D eigenvalue weighted by Gasteiger charge is -2.35. The molecule has 0 saturated carbocycles. The van der Waals surface area contributed by atoms with Gasteiger partial charge in [-0.1, -0.05) is 24.3 Å². The molecular weight excluding hydrogens is 559 g/mol. The number of rotatable bonds is 9. The molecule has 1 saturated heterocycles. The highest BCUT2D eigenvalue weighted by molar-refractivity contribution is 7.86. The number of thiophene rings is 1. The van der Waals surface area contributed by atoms with Gasteiger partial charge in [0.2, 0.25) is 5.91 Å². The maximum absolute atomic E-state index is 13.4. The number of carbonyl (C=O) groups excluding carboxylic acids is 2. The Hall–Kier alpha value is -3.10. The number of fused-ring (bicyclic) bond motifs is 1. The third-order valence-corrected chi connectivity index (χ3v) is 10.2. The van der Waals surface area contributed by atoms with Crippen LogP contribution in [0.2, 0.25) is 0 Å². The van der Waals surface area contributed by atoms with Gasteiger partial charge in [-0.05, 0) is 30.0 Å². The summed E-state index contributed by atoms with van der Waals surface area (Å²) < 4.78 is 33.2. The van der Waals surface area contributed by atoms with E-state index in [-0.39, 0.29) is 31.3 Å². The molecule has 2 amide bonds. The average molecular weight is 588 g/mol. The highest BCUT2D eigenvalue weighted by atomic mass is 32.2. The molecule has 0 N–H and O–H groups in total. The number of thiazole rings is 1. The second-order valence-corrected chi connectivity index (χ2v) is 13.2. The molecule has 39 heavy (non-hydrogen) atoms. The minimum atomic E-state index is -3.49. The summed E-state index contributed by atoms with van der Waals surface area (Å²) in [6.45, 7) is 1.54. The Morgan fingerprint density at radius 2 is 1.82 bits per heavy atom. The van der Waals surface area contributed by atoms with Gasteiger partial charge in [-0.3, -0.25) is 14.5 Å². The van der Waals surface area contributed by atoms with Gasteiger partial charge in [0.1, 0.15) is 11.3 Å². The van der Waals surface area contributed by atoms with Crippen LogP contribution in [0, 0.1) is 0 Å². The monoisotopic (exact) mass is 587 g/mol. The maximum atomic E-state index is 13.4. The van der Waals surface area contributed by atoms with E-state index in [1.807, 2.05) is 47.2 Å². The Labute approximate surface area is 235 Å². The molecule has 1 aliphatic heterocycles. The molecule has 1 fully saturated rings. The second kappa shape index (κ2) is 11.6. The van der Waals surface area contributed by atoms with Crippen LogP contribution in [-0.2, 0) is 15.0 Å².